The highest BCUT2D eigenvalue weighted by Crippen LogP contribution is 2.24. The molecule has 0 bridgehead atoms. The molecule has 1 aromatic heterocycles. The molecule has 1 unspecified atom stereocenters. The minimum absolute atomic E-state index is 0.0142. The van der Waals surface area contributed by atoms with Crippen LogP contribution in [0.3, 0.4) is 0 Å². The monoisotopic (exact) mass is 434 g/mol. The van der Waals surface area contributed by atoms with Gasteiger partial charge in [0.05, 0.1) is 28.6 Å². The fraction of sp³-hybridized carbons (Fsp3) is 0.381. The van der Waals surface area contributed by atoms with Crippen molar-refractivity contribution in [3.05, 3.63) is 52.6 Å². The summed E-state index contributed by atoms with van der Waals surface area (Å²) in [5, 5.41) is 5.97. The molecule has 1 aliphatic heterocycles. The largest absolute Gasteiger partial charge is 0.488 e. The summed E-state index contributed by atoms with van der Waals surface area (Å²) in [7, 11) is 1.57. The van der Waals surface area contributed by atoms with Gasteiger partial charge in [-0.3, -0.25) is 14.8 Å². The molecule has 7 nitrogen and oxygen atoms in total. The summed E-state index contributed by atoms with van der Waals surface area (Å²) in [4.78, 5) is 21.1. The predicted octanol–water partition coefficient (Wildman–Crippen LogP) is 3.14. The third kappa shape index (κ3) is 5.98. The first-order chi connectivity index (χ1) is 14.6. The molecule has 0 aliphatic carbocycles. The van der Waals surface area contributed by atoms with Crippen LogP contribution >= 0.6 is 11.6 Å². The smallest absolute Gasteiger partial charge is 0.253 e. The molecule has 2 N–H and O–H groups in total. The summed E-state index contributed by atoms with van der Waals surface area (Å²) in [5.41, 5.74) is 1.57. The Hall–Kier alpha value is -2.55. The van der Waals surface area contributed by atoms with Crippen molar-refractivity contribution in [2.75, 3.05) is 33.4 Å². The van der Waals surface area contributed by atoms with Crippen molar-refractivity contribution in [3.63, 3.8) is 0 Å². The molecule has 1 atom stereocenters. The normalized spacial score (nSPS) is 16.2. The van der Waals surface area contributed by atoms with Gasteiger partial charge in [0.1, 0.15) is 18.2 Å². The Labute approximate surface area is 179 Å². The van der Waals surface area contributed by atoms with Crippen molar-refractivity contribution in [2.45, 2.75) is 13.0 Å². The first-order valence-corrected chi connectivity index (χ1v) is 10.0. The summed E-state index contributed by atoms with van der Waals surface area (Å²) in [6.45, 7) is 2.96. The number of ether oxygens (including phenoxy) is 2. The van der Waals surface area contributed by atoms with Crippen LogP contribution in [-0.2, 0) is 11.3 Å². The van der Waals surface area contributed by atoms with E-state index in [2.05, 4.69) is 20.6 Å². The number of nitrogens with one attached hydrogen (secondary N) is 2. The lowest BCUT2D eigenvalue weighted by atomic mass is 10.1. The number of carbonyl (C=O) groups is 1. The SMILES string of the molecule is CNC(=O)c1ccnc(CNCC2CCOC2)c1/N=C/COc1ccc(F)c(Cl)c1. The van der Waals surface area contributed by atoms with E-state index in [1.165, 1.54) is 24.4 Å². The lowest BCUT2D eigenvalue weighted by Crippen LogP contribution is -2.24. The third-order valence-electron chi connectivity index (χ3n) is 4.66. The van der Waals surface area contributed by atoms with E-state index in [4.69, 9.17) is 21.1 Å². The van der Waals surface area contributed by atoms with Gasteiger partial charge < -0.3 is 20.1 Å². The number of carbonyl (C=O) groups excluding carboxylic acids is 1. The molecule has 0 spiro atoms. The number of aromatic nitrogens is 1. The summed E-state index contributed by atoms with van der Waals surface area (Å²) < 4.78 is 24.2. The van der Waals surface area contributed by atoms with E-state index in [9.17, 15) is 9.18 Å². The van der Waals surface area contributed by atoms with Crippen LogP contribution in [0.2, 0.25) is 5.02 Å². The van der Waals surface area contributed by atoms with Crippen molar-refractivity contribution in [1.29, 1.82) is 0 Å². The maximum absolute atomic E-state index is 13.2. The Balaban J connectivity index is 1.68. The molecule has 3 rings (SSSR count). The van der Waals surface area contributed by atoms with E-state index in [1.807, 2.05) is 0 Å². The van der Waals surface area contributed by atoms with Gasteiger partial charge >= 0.3 is 0 Å². The molecule has 160 valence electrons. The van der Waals surface area contributed by atoms with Gasteiger partial charge in [-0.15, -0.1) is 0 Å². The lowest BCUT2D eigenvalue weighted by Gasteiger charge is -2.12. The van der Waals surface area contributed by atoms with Crippen molar-refractivity contribution in [1.82, 2.24) is 15.6 Å². The highest BCUT2D eigenvalue weighted by molar-refractivity contribution is 6.30. The van der Waals surface area contributed by atoms with Crippen LogP contribution in [0.25, 0.3) is 0 Å². The molecule has 30 heavy (non-hydrogen) atoms. The molecule has 1 fully saturated rings. The van der Waals surface area contributed by atoms with Gasteiger partial charge in [-0.1, -0.05) is 11.6 Å². The second kappa shape index (κ2) is 11.0. The average Bonchev–Trinajstić information content (AvgIpc) is 3.27. The Kier molecular flexibility index (Phi) is 8.12. The van der Waals surface area contributed by atoms with E-state index in [0.717, 1.165) is 26.2 Å². The van der Waals surface area contributed by atoms with Gasteiger partial charge in [0, 0.05) is 45.2 Å². The number of benzene rings is 1. The first kappa shape index (κ1) is 22.1. The molecule has 9 heteroatoms. The minimum atomic E-state index is -0.510. The van der Waals surface area contributed by atoms with Crippen LogP contribution in [0, 0.1) is 11.7 Å². The van der Waals surface area contributed by atoms with Crippen LogP contribution in [0.5, 0.6) is 5.75 Å². The van der Waals surface area contributed by atoms with Crippen LogP contribution in [0.15, 0.2) is 35.5 Å². The molecule has 1 saturated heterocycles. The number of pyridine rings is 1. The van der Waals surface area contributed by atoms with Gasteiger partial charge in [-0.2, -0.15) is 0 Å². The van der Waals surface area contributed by atoms with E-state index in [1.54, 1.807) is 19.3 Å². The minimum Gasteiger partial charge on any atom is -0.488 e. The molecule has 2 aromatic rings. The predicted molar refractivity (Wildman–Crippen MR) is 113 cm³/mol. The van der Waals surface area contributed by atoms with Crippen molar-refractivity contribution in [2.24, 2.45) is 10.9 Å². The van der Waals surface area contributed by atoms with E-state index < -0.39 is 5.82 Å². The molecule has 1 aromatic carbocycles. The summed E-state index contributed by atoms with van der Waals surface area (Å²) >= 11 is 5.75. The van der Waals surface area contributed by atoms with E-state index in [0.29, 0.717) is 35.2 Å². The average molecular weight is 435 g/mol. The van der Waals surface area contributed by atoms with Gasteiger partial charge in [-0.25, -0.2) is 4.39 Å². The van der Waals surface area contributed by atoms with Gasteiger partial charge in [-0.05, 0) is 30.5 Å². The Morgan fingerprint density at radius 1 is 1.47 bits per heavy atom. The topological polar surface area (TPSA) is 84.8 Å². The number of nitrogens with zero attached hydrogens (tertiary/aromatic N) is 2. The quantitative estimate of drug-likeness (QED) is 0.592. The number of halogens is 2. The zero-order valence-corrected chi connectivity index (χ0v) is 17.4. The standard InChI is InChI=1S/C21H24ClFN4O3/c1-24-21(28)16-4-6-26-19(12-25-11-14-5-8-29-13-14)20(16)27-7-9-30-15-2-3-18(23)17(22)10-15/h2-4,6-7,10,14,25H,5,8-9,11-13H2,1H3,(H,24,28)/b27-7+. The number of hydrogen-bond donors (Lipinski definition) is 2. The fourth-order valence-electron chi connectivity index (χ4n) is 3.06. The molecular formula is C21H24ClFN4O3. The van der Waals surface area contributed by atoms with Crippen LogP contribution in [0.1, 0.15) is 22.5 Å². The fourth-order valence-corrected chi connectivity index (χ4v) is 3.23. The Morgan fingerprint density at radius 3 is 3.07 bits per heavy atom. The number of hydrogen-bond acceptors (Lipinski definition) is 6. The number of amides is 1. The highest BCUT2D eigenvalue weighted by Gasteiger charge is 2.17. The lowest BCUT2D eigenvalue weighted by molar-refractivity contribution is 0.0963. The summed E-state index contributed by atoms with van der Waals surface area (Å²) in [6.07, 6.45) is 4.17. The van der Waals surface area contributed by atoms with E-state index in [-0.39, 0.29) is 17.5 Å². The molecule has 2 heterocycles. The van der Waals surface area contributed by atoms with Crippen LogP contribution < -0.4 is 15.4 Å². The first-order valence-electron chi connectivity index (χ1n) is 9.67. The Morgan fingerprint density at radius 2 is 2.33 bits per heavy atom. The van der Waals surface area contributed by atoms with Crippen LogP contribution in [-0.4, -0.2) is 50.5 Å². The van der Waals surface area contributed by atoms with Crippen molar-refractivity contribution >= 4 is 29.4 Å². The van der Waals surface area contributed by atoms with E-state index >= 15 is 0 Å². The maximum Gasteiger partial charge on any atom is 0.253 e. The van der Waals surface area contributed by atoms with Crippen molar-refractivity contribution < 1.29 is 18.7 Å². The van der Waals surface area contributed by atoms with Gasteiger partial charge in [0.25, 0.3) is 5.91 Å². The zero-order valence-electron chi connectivity index (χ0n) is 16.7. The van der Waals surface area contributed by atoms with Crippen LogP contribution in [0.4, 0.5) is 10.1 Å². The Bertz CT molecular complexity index is 904. The zero-order chi connectivity index (χ0) is 21.3. The molecule has 0 saturated carbocycles. The molecule has 1 aliphatic rings. The third-order valence-corrected chi connectivity index (χ3v) is 4.95. The maximum atomic E-state index is 13.2. The van der Waals surface area contributed by atoms with Crippen molar-refractivity contribution in [3.8, 4) is 5.75 Å². The number of rotatable bonds is 9. The highest BCUT2D eigenvalue weighted by atomic mass is 35.5. The van der Waals surface area contributed by atoms with Gasteiger partial charge in [0.15, 0.2) is 0 Å². The summed E-state index contributed by atoms with van der Waals surface area (Å²) in [6, 6.07) is 5.74. The second-order valence-electron chi connectivity index (χ2n) is 6.79. The summed E-state index contributed by atoms with van der Waals surface area (Å²) in [5.74, 6) is 0.145. The van der Waals surface area contributed by atoms with Gasteiger partial charge in [0.2, 0.25) is 0 Å². The number of aliphatic imine (C=N–C) groups is 1. The molecule has 1 amide bonds. The molecular weight excluding hydrogens is 411 g/mol. The second-order valence-corrected chi connectivity index (χ2v) is 7.20. The molecule has 0 radical (unpaired) electrons.